The van der Waals surface area contributed by atoms with E-state index in [4.69, 9.17) is 9.84 Å². The van der Waals surface area contributed by atoms with Crippen molar-refractivity contribution in [3.05, 3.63) is 48.2 Å². The van der Waals surface area contributed by atoms with E-state index in [9.17, 15) is 8.42 Å². The Labute approximate surface area is 173 Å². The molecule has 4 aromatic rings. The summed E-state index contributed by atoms with van der Waals surface area (Å²) in [5.41, 5.74) is 1.92. The van der Waals surface area contributed by atoms with Crippen molar-refractivity contribution in [1.29, 1.82) is 0 Å². The third-order valence-corrected chi connectivity index (χ3v) is 6.85. The number of aromatic nitrogens is 4. The molecule has 0 spiro atoms. The maximum absolute atomic E-state index is 13.0. The Balaban J connectivity index is 1.93. The molecule has 9 nitrogen and oxygen atoms in total. The molecule has 0 saturated heterocycles. The van der Waals surface area contributed by atoms with E-state index in [1.165, 1.54) is 20.2 Å². The van der Waals surface area contributed by atoms with Crippen LogP contribution >= 0.6 is 0 Å². The van der Waals surface area contributed by atoms with Crippen LogP contribution in [0.15, 0.2) is 47.4 Å². The minimum absolute atomic E-state index is 0.0206. The average molecular weight is 427 g/mol. The van der Waals surface area contributed by atoms with E-state index < -0.39 is 10.0 Å². The molecule has 2 aromatic carbocycles. The predicted octanol–water partition coefficient (Wildman–Crippen LogP) is 1.87. The maximum Gasteiger partial charge on any atom is 0.246 e. The Morgan fingerprint density at radius 1 is 1.13 bits per heavy atom. The number of hydrogen-bond acceptors (Lipinski definition) is 7. The Kier molecular flexibility index (Phi) is 5.14. The molecule has 0 aliphatic carbocycles. The third-order valence-electron chi connectivity index (χ3n) is 4.97. The zero-order valence-electron chi connectivity index (χ0n) is 16.8. The number of ether oxygens (including phenoxy) is 1. The average Bonchev–Trinajstić information content (AvgIpc) is 3.17. The Morgan fingerprint density at radius 3 is 2.57 bits per heavy atom. The monoisotopic (exact) mass is 427 g/mol. The van der Waals surface area contributed by atoms with Crippen LogP contribution in [-0.2, 0) is 10.0 Å². The largest absolute Gasteiger partial charge is 0.495 e. The minimum atomic E-state index is -3.88. The highest BCUT2D eigenvalue weighted by Crippen LogP contribution is 2.32. The lowest BCUT2D eigenvalue weighted by atomic mass is 10.1. The van der Waals surface area contributed by atoms with Crippen molar-refractivity contribution in [2.75, 3.05) is 27.3 Å². The number of nitrogens with zero attached hydrogens (tertiary/aromatic N) is 5. The first-order chi connectivity index (χ1) is 14.4. The van der Waals surface area contributed by atoms with Crippen LogP contribution in [0, 0.1) is 6.92 Å². The molecule has 0 fully saturated rings. The fourth-order valence-electron chi connectivity index (χ4n) is 3.37. The van der Waals surface area contributed by atoms with Gasteiger partial charge in [0.15, 0.2) is 11.5 Å². The highest BCUT2D eigenvalue weighted by atomic mass is 32.2. The van der Waals surface area contributed by atoms with Gasteiger partial charge in [-0.05, 0) is 25.1 Å². The quantitative estimate of drug-likeness (QED) is 0.500. The van der Waals surface area contributed by atoms with Gasteiger partial charge in [0.2, 0.25) is 10.0 Å². The van der Waals surface area contributed by atoms with Gasteiger partial charge in [0.1, 0.15) is 10.6 Å². The highest BCUT2D eigenvalue weighted by Gasteiger charge is 2.26. The number of aliphatic hydroxyl groups excluding tert-OH is 1. The van der Waals surface area contributed by atoms with E-state index in [-0.39, 0.29) is 23.8 Å². The second-order valence-corrected chi connectivity index (χ2v) is 8.82. The fourth-order valence-corrected chi connectivity index (χ4v) is 4.71. The van der Waals surface area contributed by atoms with E-state index >= 15 is 0 Å². The number of aliphatic hydroxyl groups is 1. The van der Waals surface area contributed by atoms with E-state index in [1.807, 2.05) is 31.2 Å². The van der Waals surface area contributed by atoms with Crippen LogP contribution in [0.2, 0.25) is 0 Å². The molecule has 2 heterocycles. The van der Waals surface area contributed by atoms with Crippen LogP contribution in [0.25, 0.3) is 27.8 Å². The highest BCUT2D eigenvalue weighted by molar-refractivity contribution is 7.89. The van der Waals surface area contributed by atoms with Crippen LogP contribution in [0.5, 0.6) is 5.75 Å². The molecule has 0 amide bonds. The number of rotatable bonds is 6. The predicted molar refractivity (Wildman–Crippen MR) is 112 cm³/mol. The number of benzene rings is 2. The second kappa shape index (κ2) is 7.63. The molecule has 0 radical (unpaired) electrons. The van der Waals surface area contributed by atoms with Gasteiger partial charge in [-0.2, -0.15) is 13.9 Å². The number of likely N-dealkylation sites (N-methyl/N-ethyl adjacent to an activating group) is 1. The van der Waals surface area contributed by atoms with Crippen molar-refractivity contribution >= 4 is 26.4 Å². The molecular weight excluding hydrogens is 406 g/mol. The minimum Gasteiger partial charge on any atom is -0.495 e. The topological polar surface area (TPSA) is 110 Å². The lowest BCUT2D eigenvalue weighted by Crippen LogP contribution is -2.30. The molecule has 10 heteroatoms. The lowest BCUT2D eigenvalue weighted by molar-refractivity contribution is 0.266. The summed E-state index contributed by atoms with van der Waals surface area (Å²) in [5.74, 6) is 0.620. The van der Waals surface area contributed by atoms with Crippen molar-refractivity contribution in [3.63, 3.8) is 0 Å². The van der Waals surface area contributed by atoms with Gasteiger partial charge in [0, 0.05) is 29.9 Å². The zero-order valence-corrected chi connectivity index (χ0v) is 17.6. The molecule has 156 valence electrons. The van der Waals surface area contributed by atoms with Crippen molar-refractivity contribution < 1.29 is 18.3 Å². The van der Waals surface area contributed by atoms with Gasteiger partial charge in [-0.3, -0.25) is 0 Å². The summed E-state index contributed by atoms with van der Waals surface area (Å²) in [6.45, 7) is 1.58. The van der Waals surface area contributed by atoms with E-state index in [1.54, 1.807) is 16.6 Å². The summed E-state index contributed by atoms with van der Waals surface area (Å²) in [7, 11) is -1.07. The van der Waals surface area contributed by atoms with Crippen LogP contribution in [0.1, 0.15) is 5.69 Å². The normalized spacial score (nSPS) is 12.2. The molecule has 0 saturated carbocycles. The van der Waals surface area contributed by atoms with Gasteiger partial charge in [-0.1, -0.05) is 24.3 Å². The van der Waals surface area contributed by atoms with Gasteiger partial charge in [0.05, 0.1) is 19.4 Å². The van der Waals surface area contributed by atoms with Crippen molar-refractivity contribution in [2.45, 2.75) is 11.8 Å². The first-order valence-corrected chi connectivity index (χ1v) is 10.7. The molecular formula is C20H21N5O4S. The molecule has 0 bridgehead atoms. The van der Waals surface area contributed by atoms with Gasteiger partial charge < -0.3 is 9.84 Å². The number of fused-ring (bicyclic) bond motifs is 3. The van der Waals surface area contributed by atoms with Crippen molar-refractivity contribution in [2.24, 2.45) is 0 Å². The summed E-state index contributed by atoms with van der Waals surface area (Å²) in [6, 6.07) is 12.6. The lowest BCUT2D eigenvalue weighted by Gasteiger charge is -2.18. The molecule has 30 heavy (non-hydrogen) atoms. The van der Waals surface area contributed by atoms with Crippen molar-refractivity contribution in [1.82, 2.24) is 24.1 Å². The molecule has 0 atom stereocenters. The third kappa shape index (κ3) is 3.18. The molecule has 0 aliphatic heterocycles. The number of hydrogen-bond donors (Lipinski definition) is 1. The van der Waals surface area contributed by atoms with Crippen LogP contribution in [-0.4, -0.2) is 65.0 Å². The van der Waals surface area contributed by atoms with Gasteiger partial charge in [-0.15, -0.1) is 10.2 Å². The molecule has 1 N–H and O–H groups in total. The SMILES string of the molecule is COc1ccc(-c2nnc3c4ccccc4c(C)nn23)cc1S(=O)(=O)N(C)CCO. The maximum atomic E-state index is 13.0. The molecule has 4 rings (SSSR count). The molecule has 0 unspecified atom stereocenters. The molecule has 2 aromatic heterocycles. The number of sulfonamides is 1. The Bertz CT molecular complexity index is 1350. The Hall–Kier alpha value is -3.08. The zero-order chi connectivity index (χ0) is 21.5. The van der Waals surface area contributed by atoms with E-state index in [0.717, 1.165) is 20.8 Å². The first-order valence-electron chi connectivity index (χ1n) is 9.25. The van der Waals surface area contributed by atoms with Gasteiger partial charge in [-0.25, -0.2) is 8.42 Å². The van der Waals surface area contributed by atoms with Crippen LogP contribution < -0.4 is 4.74 Å². The van der Waals surface area contributed by atoms with Crippen LogP contribution in [0.4, 0.5) is 0 Å². The summed E-state index contributed by atoms with van der Waals surface area (Å²) in [6.07, 6.45) is 0. The Morgan fingerprint density at radius 2 is 1.87 bits per heavy atom. The summed E-state index contributed by atoms with van der Waals surface area (Å²) < 4.78 is 33.9. The van der Waals surface area contributed by atoms with Gasteiger partial charge in [0.25, 0.3) is 0 Å². The summed E-state index contributed by atoms with van der Waals surface area (Å²) in [5, 5.41) is 24.2. The number of aryl methyl sites for hydroxylation is 1. The van der Waals surface area contributed by atoms with Gasteiger partial charge >= 0.3 is 0 Å². The fraction of sp³-hybridized carbons (Fsp3) is 0.250. The smallest absolute Gasteiger partial charge is 0.246 e. The first kappa shape index (κ1) is 20.2. The summed E-state index contributed by atoms with van der Waals surface area (Å²) >= 11 is 0. The summed E-state index contributed by atoms with van der Waals surface area (Å²) in [4.78, 5) is -0.0206. The standard InChI is InChI=1S/C20H21N5O4S/c1-13-15-6-4-5-7-16(15)20-22-21-19(25(20)23-13)14-8-9-17(29-3)18(12-14)30(27,28)24(2)10-11-26/h4-9,12,26H,10-11H2,1-3H3. The second-order valence-electron chi connectivity index (χ2n) is 6.81. The number of methoxy groups -OCH3 is 1. The molecule has 0 aliphatic rings. The van der Waals surface area contributed by atoms with Crippen LogP contribution in [0.3, 0.4) is 0 Å². The van der Waals surface area contributed by atoms with E-state index in [2.05, 4.69) is 15.3 Å². The van der Waals surface area contributed by atoms with Crippen molar-refractivity contribution in [3.8, 4) is 17.1 Å². The van der Waals surface area contributed by atoms with E-state index in [0.29, 0.717) is 17.0 Å².